The Balaban J connectivity index is 4.30. The summed E-state index contributed by atoms with van der Waals surface area (Å²) in [5.74, 6) is 0.901. The van der Waals surface area contributed by atoms with Crippen molar-refractivity contribution in [3.05, 3.63) is 0 Å². The third-order valence-electron chi connectivity index (χ3n) is 14.8. The fourth-order valence-corrected chi connectivity index (χ4v) is 9.73. The van der Waals surface area contributed by atoms with E-state index in [4.69, 9.17) is 14.2 Å². The maximum absolute atomic E-state index is 12.9. The van der Waals surface area contributed by atoms with Gasteiger partial charge in [-0.15, -0.1) is 0 Å². The number of carbonyl (C=O) groups excluding carboxylic acids is 3. The first kappa shape index (κ1) is 67.4. The van der Waals surface area contributed by atoms with Crippen LogP contribution in [0.3, 0.4) is 0 Å². The van der Waals surface area contributed by atoms with Gasteiger partial charge in [-0.2, -0.15) is 0 Å². The molecule has 410 valence electrons. The molecule has 6 heteroatoms. The molecule has 0 aliphatic rings. The number of ether oxygens (including phenoxy) is 3. The minimum Gasteiger partial charge on any atom is -0.462 e. The van der Waals surface area contributed by atoms with Gasteiger partial charge in [-0.1, -0.05) is 317 Å². The van der Waals surface area contributed by atoms with Gasteiger partial charge in [-0.05, 0) is 31.1 Å². The van der Waals surface area contributed by atoms with Gasteiger partial charge in [-0.3, -0.25) is 14.4 Å². The van der Waals surface area contributed by atoms with Crippen LogP contribution in [0.1, 0.15) is 356 Å². The van der Waals surface area contributed by atoms with Crippen LogP contribution in [0.15, 0.2) is 0 Å². The zero-order chi connectivity index (χ0) is 50.4. The zero-order valence-electron chi connectivity index (χ0n) is 47.5. The van der Waals surface area contributed by atoms with E-state index in [1.807, 2.05) is 0 Å². The minimum absolute atomic E-state index is 0.0620. The summed E-state index contributed by atoms with van der Waals surface area (Å²) in [6.45, 7) is 11.5. The van der Waals surface area contributed by atoms with Crippen LogP contribution in [0.25, 0.3) is 0 Å². The van der Waals surface area contributed by atoms with Crippen LogP contribution < -0.4 is 0 Å². The quantitative estimate of drug-likeness (QED) is 0.0343. The second-order valence-corrected chi connectivity index (χ2v) is 22.4. The van der Waals surface area contributed by atoms with E-state index in [0.717, 1.165) is 69.6 Å². The summed E-state index contributed by atoms with van der Waals surface area (Å²) < 4.78 is 17.0. The van der Waals surface area contributed by atoms with Crippen LogP contribution in [0.5, 0.6) is 0 Å². The summed E-state index contributed by atoms with van der Waals surface area (Å²) in [6, 6.07) is 0. The highest BCUT2D eigenvalue weighted by molar-refractivity contribution is 5.71. The first-order valence-electron chi connectivity index (χ1n) is 31.3. The number of rotatable bonds is 57. The Morgan fingerprint density at radius 3 is 0.826 bits per heavy atom. The summed E-state index contributed by atoms with van der Waals surface area (Å²) in [6.07, 6.45) is 60.9. The number of carbonyl (C=O) groups is 3. The highest BCUT2D eigenvalue weighted by Gasteiger charge is 2.19. The summed E-state index contributed by atoms with van der Waals surface area (Å²) in [7, 11) is 0. The molecular formula is C63H122O6. The molecule has 0 amide bonds. The fourth-order valence-electron chi connectivity index (χ4n) is 9.73. The van der Waals surface area contributed by atoms with Crippen molar-refractivity contribution < 1.29 is 28.6 Å². The van der Waals surface area contributed by atoms with Crippen LogP contribution >= 0.6 is 0 Å². The fraction of sp³-hybridized carbons (Fsp3) is 0.952. The molecule has 0 saturated heterocycles. The average molecular weight is 976 g/mol. The Labute approximate surface area is 431 Å². The standard InChI is InChI=1S/C63H122O6/c1-6-8-9-10-11-12-13-14-15-16-17-23-28-33-38-43-48-53-61(64)67-56-60(69-63(66)55-50-45-40-35-30-25-20-21-26-31-36-41-46-51-58(3)4)57-68-62(65)54-49-44-39-34-29-24-19-18-22-27-32-37-42-47-52-59(5)7-2/h58-60H,6-57H2,1-5H3/t59?,60-/m1/s1. The second kappa shape index (κ2) is 55.7. The van der Waals surface area contributed by atoms with Crippen molar-refractivity contribution >= 4 is 17.9 Å². The van der Waals surface area contributed by atoms with Crippen LogP contribution in [-0.4, -0.2) is 37.2 Å². The van der Waals surface area contributed by atoms with Gasteiger partial charge in [0.05, 0.1) is 0 Å². The molecule has 0 rings (SSSR count). The Kier molecular flexibility index (Phi) is 54.4. The average Bonchev–Trinajstić information content (AvgIpc) is 3.34. The predicted molar refractivity (Wildman–Crippen MR) is 298 cm³/mol. The molecule has 0 fully saturated rings. The van der Waals surface area contributed by atoms with E-state index in [-0.39, 0.29) is 31.1 Å². The van der Waals surface area contributed by atoms with E-state index in [0.29, 0.717) is 19.3 Å². The van der Waals surface area contributed by atoms with Crippen molar-refractivity contribution in [3.8, 4) is 0 Å². The van der Waals surface area contributed by atoms with Gasteiger partial charge in [0, 0.05) is 19.3 Å². The molecule has 0 heterocycles. The van der Waals surface area contributed by atoms with E-state index >= 15 is 0 Å². The van der Waals surface area contributed by atoms with Gasteiger partial charge in [-0.25, -0.2) is 0 Å². The van der Waals surface area contributed by atoms with Gasteiger partial charge in [0.2, 0.25) is 0 Å². The van der Waals surface area contributed by atoms with Crippen molar-refractivity contribution in [2.75, 3.05) is 13.2 Å². The molecule has 69 heavy (non-hydrogen) atoms. The maximum Gasteiger partial charge on any atom is 0.306 e. The van der Waals surface area contributed by atoms with Crippen LogP contribution in [-0.2, 0) is 28.6 Å². The van der Waals surface area contributed by atoms with Gasteiger partial charge in [0.25, 0.3) is 0 Å². The number of hydrogen-bond donors (Lipinski definition) is 0. The largest absolute Gasteiger partial charge is 0.462 e. The van der Waals surface area contributed by atoms with Crippen LogP contribution in [0.4, 0.5) is 0 Å². The lowest BCUT2D eigenvalue weighted by Crippen LogP contribution is -2.30. The van der Waals surface area contributed by atoms with Gasteiger partial charge < -0.3 is 14.2 Å². The lowest BCUT2D eigenvalue weighted by molar-refractivity contribution is -0.167. The normalized spacial score (nSPS) is 12.4. The number of hydrogen-bond acceptors (Lipinski definition) is 6. The molecule has 0 aliphatic carbocycles. The number of unbranched alkanes of at least 4 members (excludes halogenated alkanes) is 41. The smallest absolute Gasteiger partial charge is 0.306 e. The van der Waals surface area contributed by atoms with E-state index in [1.54, 1.807) is 0 Å². The molecule has 1 unspecified atom stereocenters. The maximum atomic E-state index is 12.9. The Hall–Kier alpha value is -1.59. The van der Waals surface area contributed by atoms with Crippen molar-refractivity contribution in [2.45, 2.75) is 362 Å². The second-order valence-electron chi connectivity index (χ2n) is 22.4. The van der Waals surface area contributed by atoms with Crippen LogP contribution in [0, 0.1) is 11.8 Å². The highest BCUT2D eigenvalue weighted by atomic mass is 16.6. The van der Waals surface area contributed by atoms with Gasteiger partial charge in [0.15, 0.2) is 6.10 Å². The Morgan fingerprint density at radius 2 is 0.551 bits per heavy atom. The molecule has 6 nitrogen and oxygen atoms in total. The molecule has 0 bridgehead atoms. The zero-order valence-corrected chi connectivity index (χ0v) is 47.5. The Bertz CT molecular complexity index is 1060. The topological polar surface area (TPSA) is 78.9 Å². The molecule has 0 spiro atoms. The monoisotopic (exact) mass is 975 g/mol. The molecule has 0 aromatic rings. The molecule has 0 aromatic heterocycles. The number of esters is 3. The van der Waals surface area contributed by atoms with Crippen molar-refractivity contribution in [1.82, 2.24) is 0 Å². The molecule has 2 atom stereocenters. The van der Waals surface area contributed by atoms with Crippen molar-refractivity contribution in [2.24, 2.45) is 11.8 Å². The first-order chi connectivity index (χ1) is 33.8. The molecule has 0 radical (unpaired) electrons. The minimum atomic E-state index is -0.763. The van der Waals surface area contributed by atoms with E-state index in [2.05, 4.69) is 34.6 Å². The van der Waals surface area contributed by atoms with Crippen molar-refractivity contribution in [3.63, 3.8) is 0 Å². The van der Waals surface area contributed by atoms with E-state index in [9.17, 15) is 14.4 Å². The molecule has 0 aromatic carbocycles. The Morgan fingerprint density at radius 1 is 0.304 bits per heavy atom. The summed E-state index contributed by atoms with van der Waals surface area (Å²) in [5, 5.41) is 0. The summed E-state index contributed by atoms with van der Waals surface area (Å²) in [5.41, 5.74) is 0. The van der Waals surface area contributed by atoms with Crippen LogP contribution in [0.2, 0.25) is 0 Å². The summed E-state index contributed by atoms with van der Waals surface area (Å²) >= 11 is 0. The molecular weight excluding hydrogens is 853 g/mol. The molecule has 0 aliphatic heterocycles. The lowest BCUT2D eigenvalue weighted by Gasteiger charge is -2.18. The van der Waals surface area contributed by atoms with Gasteiger partial charge >= 0.3 is 17.9 Å². The van der Waals surface area contributed by atoms with Crippen molar-refractivity contribution in [1.29, 1.82) is 0 Å². The molecule has 0 saturated carbocycles. The third-order valence-corrected chi connectivity index (χ3v) is 14.8. The lowest BCUT2D eigenvalue weighted by atomic mass is 9.99. The highest BCUT2D eigenvalue weighted by Crippen LogP contribution is 2.19. The summed E-state index contributed by atoms with van der Waals surface area (Å²) in [4.78, 5) is 38.3. The third kappa shape index (κ3) is 55.6. The predicted octanol–water partition coefficient (Wildman–Crippen LogP) is 20.8. The molecule has 0 N–H and O–H groups in total. The van der Waals surface area contributed by atoms with E-state index < -0.39 is 6.10 Å². The van der Waals surface area contributed by atoms with E-state index in [1.165, 1.54) is 244 Å². The SMILES string of the molecule is CCCCCCCCCCCCCCCCCCCC(=O)OC[C@H](COC(=O)CCCCCCCCCCCCCCCCC(C)CC)OC(=O)CCCCCCCCCCCCCCCC(C)C. The van der Waals surface area contributed by atoms with Gasteiger partial charge in [0.1, 0.15) is 13.2 Å². The first-order valence-corrected chi connectivity index (χ1v) is 31.3.